The van der Waals surface area contributed by atoms with E-state index in [-0.39, 0.29) is 5.69 Å². The minimum atomic E-state index is -1.10. The molecule has 106 valence electrons. The molecule has 1 aromatic carbocycles. The molecule has 1 heterocycles. The van der Waals surface area contributed by atoms with Gasteiger partial charge in [0.1, 0.15) is 0 Å². The molecule has 5 nitrogen and oxygen atoms in total. The Bertz CT molecular complexity index is 677. The fraction of sp³-hybridized carbons (Fsp3) is 0.308. The molecule has 2 aromatic rings. The van der Waals surface area contributed by atoms with Crippen molar-refractivity contribution in [2.45, 2.75) is 26.2 Å². The van der Waals surface area contributed by atoms with Crippen LogP contribution >= 0.6 is 27.5 Å². The van der Waals surface area contributed by atoms with Gasteiger partial charge in [0, 0.05) is 5.41 Å². The average Bonchev–Trinajstić information content (AvgIpc) is 2.77. The van der Waals surface area contributed by atoms with Crippen molar-refractivity contribution in [3.05, 3.63) is 39.1 Å². The Labute approximate surface area is 129 Å². The van der Waals surface area contributed by atoms with Crippen LogP contribution in [-0.4, -0.2) is 26.1 Å². The third-order valence-electron chi connectivity index (χ3n) is 2.74. The van der Waals surface area contributed by atoms with Crippen LogP contribution in [0, 0.1) is 0 Å². The lowest BCUT2D eigenvalue weighted by Gasteiger charge is -2.21. The fourth-order valence-electron chi connectivity index (χ4n) is 1.92. The zero-order valence-corrected chi connectivity index (χ0v) is 13.5. The molecule has 0 aliphatic rings. The van der Waals surface area contributed by atoms with Gasteiger partial charge in [-0.3, -0.25) is 0 Å². The minimum Gasteiger partial charge on any atom is -0.476 e. The second-order valence-corrected chi connectivity index (χ2v) is 6.53. The summed E-state index contributed by atoms with van der Waals surface area (Å²) in [4.78, 5) is 11.3. The highest BCUT2D eigenvalue weighted by Gasteiger charge is 2.30. The van der Waals surface area contributed by atoms with Gasteiger partial charge in [0.05, 0.1) is 20.9 Å². The molecule has 1 N–H and O–H groups in total. The summed E-state index contributed by atoms with van der Waals surface area (Å²) in [5, 5.41) is 17.5. The number of nitrogens with zero attached hydrogens (tertiary/aromatic N) is 3. The topological polar surface area (TPSA) is 68.0 Å². The molecule has 0 saturated carbocycles. The van der Waals surface area contributed by atoms with E-state index in [0.717, 1.165) is 0 Å². The Kier molecular flexibility index (Phi) is 3.88. The van der Waals surface area contributed by atoms with E-state index in [1.54, 1.807) is 18.2 Å². The Hall–Kier alpha value is -1.40. The van der Waals surface area contributed by atoms with Crippen molar-refractivity contribution in [1.82, 2.24) is 15.0 Å². The fourth-order valence-corrected chi connectivity index (χ4v) is 2.53. The third kappa shape index (κ3) is 2.58. The van der Waals surface area contributed by atoms with E-state index in [1.165, 1.54) is 4.68 Å². The smallest absolute Gasteiger partial charge is 0.358 e. The molecule has 0 spiro atoms. The molecular weight excluding hydrogens is 346 g/mol. The molecule has 0 bridgehead atoms. The van der Waals surface area contributed by atoms with Gasteiger partial charge in [0.2, 0.25) is 0 Å². The molecule has 0 amide bonds. The summed E-state index contributed by atoms with van der Waals surface area (Å²) in [6, 6.07) is 5.31. The summed E-state index contributed by atoms with van der Waals surface area (Å²) in [5.41, 5.74) is 0.693. The Morgan fingerprint density at radius 3 is 2.60 bits per heavy atom. The Balaban J connectivity index is 2.76. The highest BCUT2D eigenvalue weighted by atomic mass is 79.9. The van der Waals surface area contributed by atoms with E-state index >= 15 is 0 Å². The number of hydrogen-bond acceptors (Lipinski definition) is 3. The largest absolute Gasteiger partial charge is 0.476 e. The van der Waals surface area contributed by atoms with Gasteiger partial charge in [0.25, 0.3) is 0 Å². The number of carboxylic acid groups (broad SMARTS) is 1. The van der Waals surface area contributed by atoms with E-state index in [2.05, 4.69) is 26.2 Å². The van der Waals surface area contributed by atoms with Gasteiger partial charge in [-0.15, -0.1) is 5.10 Å². The maximum Gasteiger partial charge on any atom is 0.358 e. The monoisotopic (exact) mass is 357 g/mol. The first kappa shape index (κ1) is 15.0. The van der Waals surface area contributed by atoms with Gasteiger partial charge < -0.3 is 5.11 Å². The summed E-state index contributed by atoms with van der Waals surface area (Å²) in [6.07, 6.45) is 0. The molecule has 1 aromatic heterocycles. The van der Waals surface area contributed by atoms with Crippen molar-refractivity contribution < 1.29 is 9.90 Å². The van der Waals surface area contributed by atoms with Gasteiger partial charge in [-0.1, -0.05) is 43.7 Å². The summed E-state index contributed by atoms with van der Waals surface area (Å²) in [7, 11) is 0. The van der Waals surface area contributed by atoms with Crippen LogP contribution in [-0.2, 0) is 5.41 Å². The van der Waals surface area contributed by atoms with Crippen LogP contribution in [0.25, 0.3) is 5.69 Å². The lowest BCUT2D eigenvalue weighted by molar-refractivity contribution is 0.0687. The summed E-state index contributed by atoms with van der Waals surface area (Å²) in [5.74, 6) is -1.10. The van der Waals surface area contributed by atoms with Crippen LogP contribution in [0.4, 0.5) is 0 Å². The van der Waals surface area contributed by atoms with Crippen molar-refractivity contribution in [1.29, 1.82) is 0 Å². The molecule has 2 rings (SSSR count). The van der Waals surface area contributed by atoms with Crippen molar-refractivity contribution in [3.63, 3.8) is 0 Å². The zero-order chi connectivity index (χ0) is 15.1. The molecule has 0 aliphatic heterocycles. The van der Waals surface area contributed by atoms with Crippen LogP contribution in [0.3, 0.4) is 0 Å². The number of rotatable bonds is 2. The zero-order valence-electron chi connectivity index (χ0n) is 11.2. The van der Waals surface area contributed by atoms with E-state index in [0.29, 0.717) is 20.9 Å². The molecule has 0 fully saturated rings. The highest BCUT2D eigenvalue weighted by Crippen LogP contribution is 2.33. The quantitative estimate of drug-likeness (QED) is 0.889. The number of benzene rings is 1. The first-order valence-corrected chi connectivity index (χ1v) is 7.04. The summed E-state index contributed by atoms with van der Waals surface area (Å²) in [6.45, 7) is 5.73. The minimum absolute atomic E-state index is 0.0515. The maximum atomic E-state index is 11.3. The van der Waals surface area contributed by atoms with Crippen LogP contribution in [0.2, 0.25) is 5.02 Å². The second-order valence-electron chi connectivity index (χ2n) is 5.33. The first-order valence-electron chi connectivity index (χ1n) is 5.87. The molecular formula is C13H13BrClN3O2. The molecule has 20 heavy (non-hydrogen) atoms. The van der Waals surface area contributed by atoms with E-state index in [9.17, 15) is 9.90 Å². The van der Waals surface area contributed by atoms with Crippen LogP contribution in [0.15, 0.2) is 22.7 Å². The van der Waals surface area contributed by atoms with Crippen molar-refractivity contribution in [3.8, 4) is 5.69 Å². The van der Waals surface area contributed by atoms with E-state index in [4.69, 9.17) is 11.6 Å². The van der Waals surface area contributed by atoms with Crippen molar-refractivity contribution >= 4 is 33.5 Å². The van der Waals surface area contributed by atoms with Gasteiger partial charge >= 0.3 is 5.97 Å². The molecule has 0 atom stereocenters. The molecule has 0 aliphatic carbocycles. The molecule has 0 radical (unpaired) electrons. The number of carboxylic acids is 1. The SMILES string of the molecule is CC(C)(C)c1c(C(=O)O)nnn1-c1cccc(Cl)c1Br. The van der Waals surface area contributed by atoms with Crippen molar-refractivity contribution in [2.75, 3.05) is 0 Å². The van der Waals surface area contributed by atoms with Gasteiger partial charge in [-0.05, 0) is 28.1 Å². The number of hydrogen-bond donors (Lipinski definition) is 1. The van der Waals surface area contributed by atoms with Gasteiger partial charge in [-0.25, -0.2) is 9.48 Å². The lowest BCUT2D eigenvalue weighted by atomic mass is 9.90. The highest BCUT2D eigenvalue weighted by molar-refractivity contribution is 9.10. The maximum absolute atomic E-state index is 11.3. The van der Waals surface area contributed by atoms with E-state index < -0.39 is 11.4 Å². The number of aromatic carboxylic acids is 1. The summed E-state index contributed by atoms with van der Waals surface area (Å²) >= 11 is 9.47. The number of halogens is 2. The second kappa shape index (κ2) is 5.18. The normalized spacial score (nSPS) is 11.7. The first-order chi connectivity index (χ1) is 9.23. The number of aromatic nitrogens is 3. The third-order valence-corrected chi connectivity index (χ3v) is 4.12. The van der Waals surface area contributed by atoms with Crippen LogP contribution < -0.4 is 0 Å². The number of carbonyl (C=O) groups is 1. The van der Waals surface area contributed by atoms with Gasteiger partial charge in [-0.2, -0.15) is 0 Å². The molecule has 7 heteroatoms. The molecule has 0 unspecified atom stereocenters. The Morgan fingerprint density at radius 2 is 2.05 bits per heavy atom. The average molecular weight is 359 g/mol. The molecule has 0 saturated heterocycles. The van der Waals surface area contributed by atoms with Gasteiger partial charge in [0.15, 0.2) is 5.69 Å². The van der Waals surface area contributed by atoms with Crippen LogP contribution in [0.1, 0.15) is 37.0 Å². The lowest BCUT2D eigenvalue weighted by Crippen LogP contribution is -2.21. The standard InChI is InChI=1S/C13H13BrClN3O2/c1-13(2,3)11-10(12(19)20)16-17-18(11)8-6-4-5-7(15)9(8)14/h4-6H,1-3H3,(H,19,20). The van der Waals surface area contributed by atoms with Crippen molar-refractivity contribution in [2.24, 2.45) is 0 Å². The van der Waals surface area contributed by atoms with Crippen LogP contribution in [0.5, 0.6) is 0 Å². The Morgan fingerprint density at radius 1 is 1.40 bits per heavy atom. The van der Waals surface area contributed by atoms with E-state index in [1.807, 2.05) is 20.8 Å². The summed E-state index contributed by atoms with van der Waals surface area (Å²) < 4.78 is 2.16. The predicted octanol–water partition coefficient (Wildman–Crippen LogP) is 3.68. The predicted molar refractivity (Wildman–Crippen MR) is 79.7 cm³/mol.